The van der Waals surface area contributed by atoms with Crippen molar-refractivity contribution < 1.29 is 11.6 Å². The zero-order chi connectivity index (χ0) is 15.0. The molecule has 0 fully saturated rings. The maximum Gasteiger partial charge on any atom is 0.119 e. The van der Waals surface area contributed by atoms with Gasteiger partial charge in [-0.3, -0.25) is 0 Å². The minimum atomic E-state index is -2.50. The number of hydrogen-bond donors (Lipinski definition) is 2. The van der Waals surface area contributed by atoms with Gasteiger partial charge in [-0.05, 0) is 43.7 Å². The minimum absolute atomic E-state index is 0.167. The highest BCUT2D eigenvalue weighted by Gasteiger charge is 2.04. The molecule has 0 aliphatic heterocycles. The van der Waals surface area contributed by atoms with Crippen LogP contribution in [0.2, 0.25) is 0 Å². The Kier molecular flexibility index (Phi) is 1.62. The van der Waals surface area contributed by atoms with Gasteiger partial charge in [0.25, 0.3) is 0 Å². The first kappa shape index (κ1) is 5.56. The van der Waals surface area contributed by atoms with Gasteiger partial charge in [-0.25, -0.2) is 0 Å². The molecule has 0 saturated heterocycles. The van der Waals surface area contributed by atoms with E-state index in [1.54, 1.807) is 31.4 Å². The molecule has 0 radical (unpaired) electrons. The summed E-state index contributed by atoms with van der Waals surface area (Å²) in [7, 11) is -0.943. The molecule has 0 amide bonds. The van der Waals surface area contributed by atoms with Gasteiger partial charge >= 0.3 is 0 Å². The van der Waals surface area contributed by atoms with Crippen molar-refractivity contribution in [2.75, 3.05) is 20.6 Å². The summed E-state index contributed by atoms with van der Waals surface area (Å²) in [6, 6.07) is 4.90. The van der Waals surface area contributed by atoms with Crippen molar-refractivity contribution in [3.63, 3.8) is 0 Å². The first-order chi connectivity index (χ1) is 9.20. The third kappa shape index (κ3) is 1.97. The molecule has 0 unspecified atom stereocenters. The van der Waals surface area contributed by atoms with Crippen LogP contribution in [0.15, 0.2) is 24.4 Å². The number of hydrogen-bond acceptors (Lipinski definition) is 2. The molecule has 0 aliphatic rings. The number of fused-ring (bicyclic) bond motifs is 1. The van der Waals surface area contributed by atoms with E-state index in [1.165, 1.54) is 0 Å². The Hall–Kier alpha value is -1.48. The van der Waals surface area contributed by atoms with Crippen molar-refractivity contribution in [1.82, 2.24) is 10.3 Å². The molecule has 0 spiro atoms. The van der Waals surface area contributed by atoms with Gasteiger partial charge in [-0.15, -0.1) is 0 Å². The number of ether oxygens (including phenoxy) is 1. The van der Waals surface area contributed by atoms with Crippen molar-refractivity contribution >= 4 is 10.9 Å². The summed E-state index contributed by atoms with van der Waals surface area (Å²) in [6.45, 7) is -1.53. The molecule has 3 heteroatoms. The average molecular weight is 209 g/mol. The fourth-order valence-corrected chi connectivity index (χ4v) is 1.55. The van der Waals surface area contributed by atoms with Crippen LogP contribution in [0.3, 0.4) is 0 Å². The lowest BCUT2D eigenvalue weighted by atomic mass is 10.1. The van der Waals surface area contributed by atoms with E-state index in [-0.39, 0.29) is 12.2 Å². The van der Waals surface area contributed by atoms with Crippen LogP contribution < -0.4 is 10.1 Å². The predicted molar refractivity (Wildman–Crippen MR) is 62.5 cm³/mol. The number of benzene rings is 1. The van der Waals surface area contributed by atoms with Crippen LogP contribution in [-0.2, 0) is 6.42 Å². The van der Waals surface area contributed by atoms with Gasteiger partial charge in [-0.1, -0.05) is 0 Å². The number of aromatic nitrogens is 1. The smallest absolute Gasteiger partial charge is 0.119 e. The maximum absolute atomic E-state index is 7.74. The molecule has 1 aromatic heterocycles. The first-order valence-corrected chi connectivity index (χ1v) is 4.68. The van der Waals surface area contributed by atoms with Gasteiger partial charge in [0.05, 0.1) is 11.2 Å². The van der Waals surface area contributed by atoms with E-state index in [4.69, 9.17) is 11.6 Å². The maximum atomic E-state index is 7.74. The number of rotatable bonds is 4. The highest BCUT2D eigenvalue weighted by atomic mass is 16.5. The van der Waals surface area contributed by atoms with E-state index in [9.17, 15) is 0 Å². The minimum Gasteiger partial charge on any atom is -0.497 e. The van der Waals surface area contributed by atoms with Gasteiger partial charge in [-0.2, -0.15) is 0 Å². The Balaban J connectivity index is 2.35. The predicted octanol–water partition coefficient (Wildman–Crippen LogP) is 1.94. The largest absolute Gasteiger partial charge is 0.497 e. The first-order valence-electron chi connectivity index (χ1n) is 7.18. The number of methoxy groups -OCH3 is 1. The Bertz CT molecular complexity index is 605. The standard InChI is InChI=1S/C12H16N2O/c1-13-6-5-9-8-14-12-4-3-10(15-2)7-11(9)12/h3-4,7-8,13-14H,5-6H2,1-2H3/i2D3,6D2. The molecule has 0 atom stereocenters. The van der Waals surface area contributed by atoms with Crippen LogP contribution in [0, 0.1) is 0 Å². The van der Waals surface area contributed by atoms with Crippen LogP contribution in [-0.4, -0.2) is 25.6 Å². The molecule has 0 aliphatic carbocycles. The fourth-order valence-electron chi connectivity index (χ4n) is 1.55. The third-order valence-corrected chi connectivity index (χ3v) is 2.31. The zero-order valence-electron chi connectivity index (χ0n) is 13.4. The number of aromatic amines is 1. The summed E-state index contributed by atoms with van der Waals surface area (Å²) in [5, 5.41) is 3.35. The Morgan fingerprint density at radius 1 is 1.60 bits per heavy atom. The Morgan fingerprint density at radius 2 is 2.53 bits per heavy atom. The Morgan fingerprint density at radius 3 is 3.33 bits per heavy atom. The van der Waals surface area contributed by atoms with E-state index >= 15 is 0 Å². The summed E-state index contributed by atoms with van der Waals surface area (Å²) in [6.07, 6.45) is 1.89. The van der Waals surface area contributed by atoms with Crippen LogP contribution in [0.5, 0.6) is 5.75 Å². The van der Waals surface area contributed by atoms with E-state index in [0.717, 1.165) is 16.5 Å². The lowest BCUT2D eigenvalue weighted by Crippen LogP contribution is -2.09. The summed E-state index contributed by atoms with van der Waals surface area (Å²) in [5.74, 6) is 0.239. The summed E-state index contributed by atoms with van der Waals surface area (Å²) in [4.78, 5) is 3.03. The molecular weight excluding hydrogens is 188 g/mol. The van der Waals surface area contributed by atoms with E-state index in [1.807, 2.05) is 0 Å². The molecule has 1 aromatic carbocycles. The second kappa shape index (κ2) is 4.36. The monoisotopic (exact) mass is 209 g/mol. The lowest BCUT2D eigenvalue weighted by molar-refractivity contribution is 0.415. The van der Waals surface area contributed by atoms with Gasteiger partial charge in [0, 0.05) is 19.8 Å². The SMILES string of the molecule is [2H]C([2H])(Cc1c[nH]c2ccc(OC([2H])([2H])[2H])cc12)NC. The topological polar surface area (TPSA) is 37.0 Å². The molecule has 2 N–H and O–H groups in total. The number of likely N-dealkylation sites (N-methyl/N-ethyl adjacent to an activating group) is 1. The van der Waals surface area contributed by atoms with Crippen LogP contribution in [0.1, 0.15) is 12.4 Å². The lowest BCUT2D eigenvalue weighted by Gasteiger charge is -2.01. The highest BCUT2D eigenvalue weighted by molar-refractivity contribution is 5.84. The second-order valence-corrected chi connectivity index (χ2v) is 3.23. The number of H-pyrrole nitrogens is 1. The number of nitrogens with one attached hydrogen (secondary N) is 2. The highest BCUT2D eigenvalue weighted by Crippen LogP contribution is 2.23. The molecule has 0 saturated carbocycles. The van der Waals surface area contributed by atoms with Crippen molar-refractivity contribution in [3.05, 3.63) is 30.0 Å². The number of aryl methyl sites for hydroxylation is 1. The van der Waals surface area contributed by atoms with Crippen molar-refractivity contribution in [1.29, 1.82) is 0 Å². The van der Waals surface area contributed by atoms with Gasteiger partial charge in [0.1, 0.15) is 5.75 Å². The van der Waals surface area contributed by atoms with Gasteiger partial charge < -0.3 is 15.0 Å². The normalized spacial score (nSPS) is 17.5. The summed E-state index contributed by atoms with van der Waals surface area (Å²) < 4.78 is 41.7. The molecule has 80 valence electrons. The molecule has 3 nitrogen and oxygen atoms in total. The van der Waals surface area contributed by atoms with E-state index in [0.29, 0.717) is 0 Å². The van der Waals surface area contributed by atoms with Crippen LogP contribution >= 0.6 is 0 Å². The molecule has 2 aromatic rings. The van der Waals surface area contributed by atoms with Gasteiger partial charge in [0.15, 0.2) is 0 Å². The molecule has 1 heterocycles. The molecular formula is C12H16N2O. The quantitative estimate of drug-likeness (QED) is 0.807. The summed E-state index contributed by atoms with van der Waals surface area (Å²) >= 11 is 0. The van der Waals surface area contributed by atoms with E-state index < -0.39 is 13.5 Å². The van der Waals surface area contributed by atoms with Gasteiger partial charge in [0.2, 0.25) is 0 Å². The van der Waals surface area contributed by atoms with Crippen LogP contribution in [0.4, 0.5) is 0 Å². The van der Waals surface area contributed by atoms with Crippen molar-refractivity contribution in [3.8, 4) is 5.75 Å². The third-order valence-electron chi connectivity index (χ3n) is 2.31. The van der Waals surface area contributed by atoms with E-state index in [2.05, 4.69) is 10.3 Å². The van der Waals surface area contributed by atoms with Crippen molar-refractivity contribution in [2.45, 2.75) is 6.42 Å². The van der Waals surface area contributed by atoms with Crippen LogP contribution in [0.25, 0.3) is 10.9 Å². The fraction of sp³-hybridized carbons (Fsp3) is 0.333. The molecule has 2 rings (SSSR count). The zero-order valence-corrected chi connectivity index (χ0v) is 8.42. The second-order valence-electron chi connectivity index (χ2n) is 3.23. The average Bonchev–Trinajstić information content (AvgIpc) is 2.69. The molecule has 15 heavy (non-hydrogen) atoms. The summed E-state index contributed by atoms with van der Waals surface area (Å²) in [5.41, 5.74) is 1.57. The van der Waals surface area contributed by atoms with Crippen molar-refractivity contribution in [2.24, 2.45) is 0 Å². The Labute approximate surface area is 96.5 Å². The molecule has 0 bridgehead atoms.